The van der Waals surface area contributed by atoms with Gasteiger partial charge in [0.25, 0.3) is 0 Å². The van der Waals surface area contributed by atoms with Crippen molar-refractivity contribution in [1.82, 2.24) is 5.32 Å². The molecule has 108 valence electrons. The van der Waals surface area contributed by atoms with Crippen LogP contribution in [0.1, 0.15) is 51.9 Å². The van der Waals surface area contributed by atoms with Gasteiger partial charge >= 0.3 is 0 Å². The smallest absolute Gasteiger partial charge is 0.140 e. The molecule has 1 saturated carbocycles. The summed E-state index contributed by atoms with van der Waals surface area (Å²) >= 11 is 0. The van der Waals surface area contributed by atoms with Gasteiger partial charge in [-0.15, -0.1) is 0 Å². The zero-order valence-corrected chi connectivity index (χ0v) is 12.1. The molecule has 0 radical (unpaired) electrons. The van der Waals surface area contributed by atoms with E-state index in [4.69, 9.17) is 4.74 Å². The van der Waals surface area contributed by atoms with Crippen molar-refractivity contribution in [2.45, 2.75) is 57.5 Å². The second-order valence-electron chi connectivity index (χ2n) is 6.93. The van der Waals surface area contributed by atoms with Crippen LogP contribution in [0.25, 0.3) is 0 Å². The third-order valence-electron chi connectivity index (χ3n) is 5.54. The van der Waals surface area contributed by atoms with Crippen molar-refractivity contribution in [3.8, 4) is 0 Å². The molecule has 3 nitrogen and oxygen atoms in total. The zero-order valence-electron chi connectivity index (χ0n) is 12.1. The number of nitrogens with one attached hydrogen (secondary N) is 1. The fraction of sp³-hybridized carbons (Fsp3) is 0.938. The number of carbonyl (C=O) groups excluding carboxylic acids is 1. The molecule has 2 heterocycles. The van der Waals surface area contributed by atoms with E-state index in [-0.39, 0.29) is 17.4 Å². The first-order valence-electron chi connectivity index (χ1n) is 8.09. The van der Waals surface area contributed by atoms with E-state index in [9.17, 15) is 4.79 Å². The molecule has 19 heavy (non-hydrogen) atoms. The minimum atomic E-state index is 0.0616. The minimum absolute atomic E-state index is 0.0616. The molecule has 1 aliphatic carbocycles. The van der Waals surface area contributed by atoms with Crippen LogP contribution in [-0.2, 0) is 9.53 Å². The summed E-state index contributed by atoms with van der Waals surface area (Å²) in [5.41, 5.74) is 0.0616. The summed E-state index contributed by atoms with van der Waals surface area (Å²) in [5, 5.41) is 3.36. The average molecular weight is 265 g/mol. The van der Waals surface area contributed by atoms with Gasteiger partial charge in [-0.3, -0.25) is 4.79 Å². The lowest BCUT2D eigenvalue weighted by Gasteiger charge is -2.43. The Balaban J connectivity index is 1.65. The van der Waals surface area contributed by atoms with Crippen molar-refractivity contribution in [1.29, 1.82) is 0 Å². The maximum absolute atomic E-state index is 12.7. The highest BCUT2D eigenvalue weighted by molar-refractivity contribution is 5.84. The Morgan fingerprint density at radius 1 is 1.21 bits per heavy atom. The molecule has 0 aromatic carbocycles. The van der Waals surface area contributed by atoms with Crippen LogP contribution in [0.3, 0.4) is 0 Å². The van der Waals surface area contributed by atoms with E-state index >= 15 is 0 Å². The lowest BCUT2D eigenvalue weighted by molar-refractivity contribution is -0.146. The van der Waals surface area contributed by atoms with Gasteiger partial charge in [0.15, 0.2) is 0 Å². The Morgan fingerprint density at radius 3 is 2.68 bits per heavy atom. The third kappa shape index (κ3) is 2.73. The maximum atomic E-state index is 12.7. The van der Waals surface area contributed by atoms with Crippen molar-refractivity contribution >= 4 is 5.78 Å². The summed E-state index contributed by atoms with van der Waals surface area (Å²) in [6.07, 6.45) is 8.20. The summed E-state index contributed by atoms with van der Waals surface area (Å²) in [7, 11) is 0. The molecule has 0 aromatic rings. The Bertz CT molecular complexity index is 330. The highest BCUT2D eigenvalue weighted by Gasteiger charge is 2.43. The fourth-order valence-electron chi connectivity index (χ4n) is 4.31. The first-order valence-corrected chi connectivity index (χ1v) is 8.09. The van der Waals surface area contributed by atoms with Crippen molar-refractivity contribution in [3.63, 3.8) is 0 Å². The minimum Gasteiger partial charge on any atom is -0.375 e. The van der Waals surface area contributed by atoms with E-state index in [2.05, 4.69) is 12.2 Å². The number of rotatable bonds is 2. The van der Waals surface area contributed by atoms with Gasteiger partial charge in [0.2, 0.25) is 0 Å². The highest BCUT2D eigenvalue weighted by atomic mass is 16.5. The van der Waals surface area contributed by atoms with E-state index in [1.807, 2.05) is 0 Å². The number of carbonyl (C=O) groups is 1. The normalized spacial score (nSPS) is 38.5. The van der Waals surface area contributed by atoms with Gasteiger partial charge < -0.3 is 10.1 Å². The van der Waals surface area contributed by atoms with E-state index in [0.717, 1.165) is 32.5 Å². The van der Waals surface area contributed by atoms with Crippen molar-refractivity contribution in [3.05, 3.63) is 0 Å². The van der Waals surface area contributed by atoms with Crippen molar-refractivity contribution in [2.75, 3.05) is 19.7 Å². The molecule has 3 rings (SSSR count). The van der Waals surface area contributed by atoms with Crippen molar-refractivity contribution in [2.24, 2.45) is 17.8 Å². The molecule has 3 fully saturated rings. The molecule has 3 heteroatoms. The number of hydrogen-bond donors (Lipinski definition) is 1. The summed E-state index contributed by atoms with van der Waals surface area (Å²) in [6.45, 7) is 4.90. The van der Waals surface area contributed by atoms with Crippen LogP contribution in [0.15, 0.2) is 0 Å². The predicted octanol–water partition coefficient (Wildman–Crippen LogP) is 2.54. The Labute approximate surface area is 116 Å². The zero-order chi connectivity index (χ0) is 13.3. The van der Waals surface area contributed by atoms with E-state index in [1.165, 1.54) is 32.1 Å². The summed E-state index contributed by atoms with van der Waals surface area (Å²) in [6, 6.07) is 0. The van der Waals surface area contributed by atoms with Crippen LogP contribution >= 0.6 is 0 Å². The lowest BCUT2D eigenvalue weighted by atomic mass is 9.72. The topological polar surface area (TPSA) is 38.3 Å². The fourth-order valence-corrected chi connectivity index (χ4v) is 4.31. The number of ketones is 1. The second kappa shape index (κ2) is 5.53. The van der Waals surface area contributed by atoms with Crippen LogP contribution in [0, 0.1) is 17.8 Å². The molecule has 1 spiro atoms. The van der Waals surface area contributed by atoms with Crippen LogP contribution in [0.2, 0.25) is 0 Å². The lowest BCUT2D eigenvalue weighted by Crippen LogP contribution is -2.45. The van der Waals surface area contributed by atoms with Crippen LogP contribution < -0.4 is 5.32 Å². The highest BCUT2D eigenvalue weighted by Crippen LogP contribution is 2.42. The first-order chi connectivity index (χ1) is 9.20. The molecular formula is C16H27NO2. The number of hydrogen-bond acceptors (Lipinski definition) is 3. The second-order valence-corrected chi connectivity index (χ2v) is 6.93. The van der Waals surface area contributed by atoms with Gasteiger partial charge in [0, 0.05) is 25.0 Å². The predicted molar refractivity (Wildman–Crippen MR) is 75.0 cm³/mol. The van der Waals surface area contributed by atoms with Gasteiger partial charge in [-0.1, -0.05) is 26.2 Å². The van der Waals surface area contributed by atoms with Gasteiger partial charge in [-0.25, -0.2) is 0 Å². The Morgan fingerprint density at radius 2 is 2.00 bits per heavy atom. The van der Waals surface area contributed by atoms with Crippen LogP contribution in [0.4, 0.5) is 0 Å². The molecular weight excluding hydrogens is 238 g/mol. The molecule has 1 N–H and O–H groups in total. The van der Waals surface area contributed by atoms with E-state index in [1.54, 1.807) is 0 Å². The average Bonchev–Trinajstić information content (AvgIpc) is 2.85. The number of Topliss-reactive ketones (excluding diaryl/α,β-unsaturated/α-hetero) is 1. The molecule has 2 aliphatic heterocycles. The largest absolute Gasteiger partial charge is 0.375 e. The van der Waals surface area contributed by atoms with Gasteiger partial charge in [-0.05, 0) is 38.1 Å². The van der Waals surface area contributed by atoms with Crippen LogP contribution in [-0.4, -0.2) is 31.1 Å². The molecule has 0 amide bonds. The van der Waals surface area contributed by atoms with Gasteiger partial charge in [0.05, 0.1) is 5.60 Å². The Kier molecular flexibility index (Phi) is 3.95. The summed E-state index contributed by atoms with van der Waals surface area (Å²) < 4.78 is 6.11. The molecule has 3 aliphatic rings. The molecule has 3 unspecified atom stereocenters. The van der Waals surface area contributed by atoms with Crippen LogP contribution in [0.5, 0.6) is 0 Å². The summed E-state index contributed by atoms with van der Waals surface area (Å²) in [4.78, 5) is 12.7. The standard InChI is InChI=1S/C16H27NO2/c1-12-10-17-11-14(12)15(18)13-5-8-19-16(9-13)6-3-2-4-7-16/h12-14,17H,2-11H2,1H3. The molecule has 0 bridgehead atoms. The monoisotopic (exact) mass is 265 g/mol. The van der Waals surface area contributed by atoms with Gasteiger partial charge in [-0.2, -0.15) is 0 Å². The first kappa shape index (κ1) is 13.6. The number of ether oxygens (including phenoxy) is 1. The molecule has 0 aromatic heterocycles. The Hall–Kier alpha value is -0.410. The third-order valence-corrected chi connectivity index (χ3v) is 5.54. The SMILES string of the molecule is CC1CNCC1C(=O)C1CCOC2(CCCCC2)C1. The van der Waals surface area contributed by atoms with E-state index < -0.39 is 0 Å². The molecule has 2 saturated heterocycles. The van der Waals surface area contributed by atoms with Crippen molar-refractivity contribution < 1.29 is 9.53 Å². The molecule has 3 atom stereocenters. The summed E-state index contributed by atoms with van der Waals surface area (Å²) in [5.74, 6) is 1.55. The quantitative estimate of drug-likeness (QED) is 0.834. The van der Waals surface area contributed by atoms with Gasteiger partial charge in [0.1, 0.15) is 5.78 Å². The maximum Gasteiger partial charge on any atom is 0.140 e. The van der Waals surface area contributed by atoms with E-state index in [0.29, 0.717) is 11.7 Å².